The van der Waals surface area contributed by atoms with Crippen molar-refractivity contribution in [3.05, 3.63) is 95.6 Å². The molecule has 3 rings (SSSR count). The lowest BCUT2D eigenvalue weighted by Gasteiger charge is -2.09. The highest BCUT2D eigenvalue weighted by molar-refractivity contribution is 5.45. The van der Waals surface area contributed by atoms with E-state index >= 15 is 0 Å². The average molecular weight is 303 g/mol. The molecule has 0 bridgehead atoms. The minimum atomic E-state index is 0.599. The molecule has 0 fully saturated rings. The molecule has 3 aromatic rings. The number of aryl methyl sites for hydroxylation is 1. The van der Waals surface area contributed by atoms with E-state index in [2.05, 4.69) is 60.8 Å². The summed E-state index contributed by atoms with van der Waals surface area (Å²) in [5, 5.41) is 3.42. The summed E-state index contributed by atoms with van der Waals surface area (Å²) in [6, 6.07) is 26.9. The Morgan fingerprint density at radius 3 is 2.13 bits per heavy atom. The number of benzene rings is 3. The number of hydrogen-bond donors (Lipinski definition) is 1. The zero-order chi connectivity index (χ0) is 15.9. The van der Waals surface area contributed by atoms with Crippen molar-refractivity contribution in [3.8, 4) is 5.75 Å². The fourth-order valence-corrected chi connectivity index (χ4v) is 2.32. The van der Waals surface area contributed by atoms with Crippen molar-refractivity contribution in [2.24, 2.45) is 0 Å². The molecule has 0 heterocycles. The van der Waals surface area contributed by atoms with Gasteiger partial charge in [-0.2, -0.15) is 0 Å². The van der Waals surface area contributed by atoms with Crippen LogP contribution in [0.25, 0.3) is 0 Å². The van der Waals surface area contributed by atoms with Crippen molar-refractivity contribution < 1.29 is 4.74 Å². The van der Waals surface area contributed by atoms with Crippen LogP contribution in [0.2, 0.25) is 0 Å². The molecular weight excluding hydrogens is 282 g/mol. The van der Waals surface area contributed by atoms with E-state index in [0.29, 0.717) is 6.61 Å². The molecule has 3 aromatic carbocycles. The van der Waals surface area contributed by atoms with E-state index in [1.807, 2.05) is 30.3 Å². The van der Waals surface area contributed by atoms with E-state index in [9.17, 15) is 0 Å². The Kier molecular flexibility index (Phi) is 4.95. The summed E-state index contributed by atoms with van der Waals surface area (Å²) in [6.45, 7) is 3.50. The fourth-order valence-electron chi connectivity index (χ4n) is 2.32. The minimum Gasteiger partial charge on any atom is -0.489 e. The molecular formula is C21H21NO. The van der Waals surface area contributed by atoms with E-state index in [-0.39, 0.29) is 0 Å². The van der Waals surface area contributed by atoms with Gasteiger partial charge in [0.1, 0.15) is 12.4 Å². The molecule has 0 aliphatic rings. The molecule has 0 saturated heterocycles. The molecule has 0 amide bonds. The van der Waals surface area contributed by atoms with Crippen molar-refractivity contribution in [1.29, 1.82) is 0 Å². The highest BCUT2D eigenvalue weighted by Gasteiger charge is 1.98. The normalized spacial score (nSPS) is 10.3. The summed E-state index contributed by atoms with van der Waals surface area (Å²) in [4.78, 5) is 0. The standard InChI is InChI=1S/C21H21NO/c1-17-7-11-20(12-8-17)22-15-18-9-13-21(14-10-18)23-16-19-5-3-2-4-6-19/h2-14,22H,15-16H2,1H3. The lowest BCUT2D eigenvalue weighted by atomic mass is 10.2. The molecule has 0 aromatic heterocycles. The van der Waals surface area contributed by atoms with Gasteiger partial charge in [0.25, 0.3) is 0 Å². The Balaban J connectivity index is 1.51. The Labute approximate surface area is 137 Å². The first-order valence-electron chi connectivity index (χ1n) is 7.86. The number of rotatable bonds is 6. The molecule has 0 aliphatic heterocycles. The van der Waals surface area contributed by atoms with Gasteiger partial charge in [0.15, 0.2) is 0 Å². The van der Waals surface area contributed by atoms with Gasteiger partial charge in [0, 0.05) is 12.2 Å². The van der Waals surface area contributed by atoms with Gasteiger partial charge < -0.3 is 10.1 Å². The maximum absolute atomic E-state index is 5.80. The zero-order valence-electron chi connectivity index (χ0n) is 13.3. The highest BCUT2D eigenvalue weighted by atomic mass is 16.5. The number of anilines is 1. The topological polar surface area (TPSA) is 21.3 Å². The smallest absolute Gasteiger partial charge is 0.119 e. The van der Waals surface area contributed by atoms with Crippen LogP contribution >= 0.6 is 0 Å². The van der Waals surface area contributed by atoms with Crippen LogP contribution in [0.15, 0.2) is 78.9 Å². The first-order valence-corrected chi connectivity index (χ1v) is 7.86. The van der Waals surface area contributed by atoms with Gasteiger partial charge in [0.2, 0.25) is 0 Å². The molecule has 1 N–H and O–H groups in total. The van der Waals surface area contributed by atoms with Crippen molar-refractivity contribution in [2.75, 3.05) is 5.32 Å². The molecule has 0 aliphatic carbocycles. The fraction of sp³-hybridized carbons (Fsp3) is 0.143. The lowest BCUT2D eigenvalue weighted by Crippen LogP contribution is -1.99. The first-order chi connectivity index (χ1) is 11.3. The summed E-state index contributed by atoms with van der Waals surface area (Å²) in [5.74, 6) is 0.896. The molecule has 0 radical (unpaired) electrons. The molecule has 0 atom stereocenters. The van der Waals surface area contributed by atoms with Crippen LogP contribution in [0.5, 0.6) is 5.75 Å². The SMILES string of the molecule is Cc1ccc(NCc2ccc(OCc3ccccc3)cc2)cc1. The average Bonchev–Trinajstić information content (AvgIpc) is 2.61. The Morgan fingerprint density at radius 2 is 1.43 bits per heavy atom. The van der Waals surface area contributed by atoms with Crippen LogP contribution in [-0.2, 0) is 13.2 Å². The summed E-state index contributed by atoms with van der Waals surface area (Å²) in [6.07, 6.45) is 0. The van der Waals surface area contributed by atoms with Crippen LogP contribution in [-0.4, -0.2) is 0 Å². The molecule has 116 valence electrons. The first kappa shape index (κ1) is 15.2. The minimum absolute atomic E-state index is 0.599. The third kappa shape index (κ3) is 4.62. The Hall–Kier alpha value is -2.74. The van der Waals surface area contributed by atoms with Crippen molar-refractivity contribution >= 4 is 5.69 Å². The van der Waals surface area contributed by atoms with E-state index in [1.54, 1.807) is 0 Å². The van der Waals surface area contributed by atoms with Crippen molar-refractivity contribution in [3.63, 3.8) is 0 Å². The van der Waals surface area contributed by atoms with E-state index in [1.165, 1.54) is 16.7 Å². The van der Waals surface area contributed by atoms with E-state index in [0.717, 1.165) is 18.0 Å². The zero-order valence-corrected chi connectivity index (χ0v) is 13.3. The third-order valence-electron chi connectivity index (χ3n) is 3.72. The van der Waals surface area contributed by atoms with Crippen LogP contribution in [0.3, 0.4) is 0 Å². The predicted octanol–water partition coefficient (Wildman–Crippen LogP) is 5.19. The van der Waals surface area contributed by atoms with Crippen LogP contribution in [0.4, 0.5) is 5.69 Å². The van der Waals surface area contributed by atoms with Crippen molar-refractivity contribution in [1.82, 2.24) is 0 Å². The van der Waals surface area contributed by atoms with Gasteiger partial charge >= 0.3 is 0 Å². The van der Waals surface area contributed by atoms with E-state index in [4.69, 9.17) is 4.74 Å². The Morgan fingerprint density at radius 1 is 0.739 bits per heavy atom. The second kappa shape index (κ2) is 7.50. The number of nitrogens with one attached hydrogen (secondary N) is 1. The van der Waals surface area contributed by atoms with Gasteiger partial charge in [-0.05, 0) is 42.3 Å². The summed E-state index contributed by atoms with van der Waals surface area (Å²) >= 11 is 0. The molecule has 0 saturated carbocycles. The van der Waals surface area contributed by atoms with Gasteiger partial charge in [-0.15, -0.1) is 0 Å². The largest absolute Gasteiger partial charge is 0.489 e. The second-order valence-corrected chi connectivity index (χ2v) is 5.64. The number of hydrogen-bond acceptors (Lipinski definition) is 2. The van der Waals surface area contributed by atoms with Gasteiger partial charge in [0.05, 0.1) is 0 Å². The summed E-state index contributed by atoms with van der Waals surface area (Å²) < 4.78 is 5.80. The third-order valence-corrected chi connectivity index (χ3v) is 3.72. The maximum Gasteiger partial charge on any atom is 0.119 e. The quantitative estimate of drug-likeness (QED) is 0.677. The summed E-state index contributed by atoms with van der Waals surface area (Å²) in [7, 11) is 0. The molecule has 23 heavy (non-hydrogen) atoms. The Bertz CT molecular complexity index is 718. The summed E-state index contributed by atoms with van der Waals surface area (Å²) in [5.41, 5.74) is 4.82. The van der Waals surface area contributed by atoms with Gasteiger partial charge in [-0.3, -0.25) is 0 Å². The maximum atomic E-state index is 5.80. The van der Waals surface area contributed by atoms with Crippen LogP contribution in [0, 0.1) is 6.92 Å². The molecule has 0 spiro atoms. The monoisotopic (exact) mass is 303 g/mol. The molecule has 0 unspecified atom stereocenters. The van der Waals surface area contributed by atoms with Crippen LogP contribution in [0.1, 0.15) is 16.7 Å². The lowest BCUT2D eigenvalue weighted by molar-refractivity contribution is 0.306. The van der Waals surface area contributed by atoms with Gasteiger partial charge in [-0.1, -0.05) is 60.2 Å². The predicted molar refractivity (Wildman–Crippen MR) is 95.7 cm³/mol. The van der Waals surface area contributed by atoms with Crippen LogP contribution < -0.4 is 10.1 Å². The molecule has 2 heteroatoms. The molecule has 2 nitrogen and oxygen atoms in total. The van der Waals surface area contributed by atoms with Gasteiger partial charge in [-0.25, -0.2) is 0 Å². The number of ether oxygens (including phenoxy) is 1. The van der Waals surface area contributed by atoms with E-state index < -0.39 is 0 Å². The second-order valence-electron chi connectivity index (χ2n) is 5.64. The highest BCUT2D eigenvalue weighted by Crippen LogP contribution is 2.16. The van der Waals surface area contributed by atoms with Crippen molar-refractivity contribution in [2.45, 2.75) is 20.1 Å².